The zero-order chi connectivity index (χ0) is 13.5. The first-order valence-electron chi connectivity index (χ1n) is 7.02. The maximum Gasteiger partial charge on any atom is 0.128 e. The Balaban J connectivity index is 2.69. The SMILES string of the molecule is CCC(C)CN(CC)c1ccc(CC(C)N)cn1. The van der Waals surface area contributed by atoms with E-state index in [4.69, 9.17) is 5.73 Å². The molecule has 0 aliphatic carbocycles. The molecule has 18 heavy (non-hydrogen) atoms. The van der Waals surface area contributed by atoms with Crippen molar-refractivity contribution < 1.29 is 0 Å². The van der Waals surface area contributed by atoms with Gasteiger partial charge in [-0.3, -0.25) is 0 Å². The van der Waals surface area contributed by atoms with Crippen LogP contribution in [0.15, 0.2) is 18.3 Å². The van der Waals surface area contributed by atoms with E-state index in [9.17, 15) is 0 Å². The van der Waals surface area contributed by atoms with E-state index in [-0.39, 0.29) is 6.04 Å². The first kappa shape index (κ1) is 15.0. The average Bonchev–Trinajstić information content (AvgIpc) is 2.36. The lowest BCUT2D eigenvalue weighted by Gasteiger charge is -2.25. The summed E-state index contributed by atoms with van der Waals surface area (Å²) in [7, 11) is 0. The molecule has 0 amide bonds. The van der Waals surface area contributed by atoms with Gasteiger partial charge in [-0.25, -0.2) is 4.98 Å². The van der Waals surface area contributed by atoms with Crippen molar-refractivity contribution in [1.82, 2.24) is 4.98 Å². The van der Waals surface area contributed by atoms with E-state index in [2.05, 4.69) is 42.8 Å². The number of pyridine rings is 1. The Morgan fingerprint density at radius 1 is 1.28 bits per heavy atom. The molecule has 0 fully saturated rings. The van der Waals surface area contributed by atoms with Crippen molar-refractivity contribution in [3.05, 3.63) is 23.9 Å². The summed E-state index contributed by atoms with van der Waals surface area (Å²) in [5.41, 5.74) is 7.01. The molecule has 1 heterocycles. The van der Waals surface area contributed by atoms with Crippen LogP contribution in [-0.4, -0.2) is 24.1 Å². The lowest BCUT2D eigenvalue weighted by Crippen LogP contribution is -2.28. The summed E-state index contributed by atoms with van der Waals surface area (Å²) in [6.45, 7) is 10.8. The number of hydrogen-bond acceptors (Lipinski definition) is 3. The maximum absolute atomic E-state index is 5.79. The fraction of sp³-hybridized carbons (Fsp3) is 0.667. The Morgan fingerprint density at radius 2 is 2.00 bits per heavy atom. The lowest BCUT2D eigenvalue weighted by atomic mass is 10.1. The van der Waals surface area contributed by atoms with E-state index >= 15 is 0 Å². The fourth-order valence-corrected chi connectivity index (χ4v) is 1.99. The predicted octanol–water partition coefficient (Wildman–Crippen LogP) is 2.84. The summed E-state index contributed by atoms with van der Waals surface area (Å²) in [6, 6.07) is 4.45. The molecule has 2 N–H and O–H groups in total. The Labute approximate surface area is 111 Å². The van der Waals surface area contributed by atoms with Crippen LogP contribution < -0.4 is 10.6 Å². The highest BCUT2D eigenvalue weighted by Crippen LogP contribution is 2.15. The molecular formula is C15H27N3. The van der Waals surface area contributed by atoms with Crippen molar-refractivity contribution >= 4 is 5.82 Å². The van der Waals surface area contributed by atoms with E-state index in [1.54, 1.807) is 0 Å². The van der Waals surface area contributed by atoms with Gasteiger partial charge in [0.15, 0.2) is 0 Å². The topological polar surface area (TPSA) is 42.1 Å². The van der Waals surface area contributed by atoms with Gasteiger partial charge in [0.25, 0.3) is 0 Å². The van der Waals surface area contributed by atoms with Gasteiger partial charge in [0.1, 0.15) is 5.82 Å². The number of anilines is 1. The van der Waals surface area contributed by atoms with Crippen molar-refractivity contribution in [1.29, 1.82) is 0 Å². The number of aromatic nitrogens is 1. The van der Waals surface area contributed by atoms with Gasteiger partial charge >= 0.3 is 0 Å². The molecule has 1 rings (SSSR count). The van der Waals surface area contributed by atoms with Gasteiger partial charge in [0, 0.05) is 25.3 Å². The van der Waals surface area contributed by atoms with Crippen LogP contribution in [0.25, 0.3) is 0 Å². The van der Waals surface area contributed by atoms with Crippen LogP contribution in [0.1, 0.15) is 39.7 Å². The van der Waals surface area contributed by atoms with Crippen LogP contribution in [0.4, 0.5) is 5.82 Å². The first-order valence-corrected chi connectivity index (χ1v) is 7.02. The number of nitrogens with zero attached hydrogens (tertiary/aromatic N) is 2. The zero-order valence-corrected chi connectivity index (χ0v) is 12.2. The van der Waals surface area contributed by atoms with E-state index in [0.717, 1.165) is 25.3 Å². The van der Waals surface area contributed by atoms with E-state index in [0.29, 0.717) is 5.92 Å². The monoisotopic (exact) mass is 249 g/mol. The van der Waals surface area contributed by atoms with Gasteiger partial charge in [0.05, 0.1) is 0 Å². The second-order valence-corrected chi connectivity index (χ2v) is 5.26. The summed E-state index contributed by atoms with van der Waals surface area (Å²) in [5, 5.41) is 0. The highest BCUT2D eigenvalue weighted by molar-refractivity contribution is 5.39. The summed E-state index contributed by atoms with van der Waals surface area (Å²) >= 11 is 0. The number of nitrogens with two attached hydrogens (primary N) is 1. The molecule has 102 valence electrons. The second-order valence-electron chi connectivity index (χ2n) is 5.26. The highest BCUT2D eigenvalue weighted by atomic mass is 15.2. The van der Waals surface area contributed by atoms with Crippen LogP contribution in [0, 0.1) is 5.92 Å². The third-order valence-corrected chi connectivity index (χ3v) is 3.30. The molecule has 3 nitrogen and oxygen atoms in total. The largest absolute Gasteiger partial charge is 0.357 e. The van der Waals surface area contributed by atoms with Gasteiger partial charge in [-0.15, -0.1) is 0 Å². The molecular weight excluding hydrogens is 222 g/mol. The number of rotatable bonds is 7. The second kappa shape index (κ2) is 7.37. The molecule has 3 heteroatoms. The van der Waals surface area contributed by atoms with Crippen LogP contribution in [0.2, 0.25) is 0 Å². The molecule has 1 aromatic rings. The molecule has 0 radical (unpaired) electrons. The standard InChI is InChI=1S/C15H27N3/c1-5-12(3)11-18(6-2)15-8-7-14(10-17-15)9-13(4)16/h7-8,10,12-13H,5-6,9,11,16H2,1-4H3. The summed E-state index contributed by atoms with van der Waals surface area (Å²) in [5.74, 6) is 1.78. The predicted molar refractivity (Wildman–Crippen MR) is 78.9 cm³/mol. The van der Waals surface area contributed by atoms with E-state index < -0.39 is 0 Å². The minimum atomic E-state index is 0.194. The quantitative estimate of drug-likeness (QED) is 0.808. The van der Waals surface area contributed by atoms with E-state index in [1.165, 1.54) is 12.0 Å². The molecule has 0 bridgehead atoms. The third-order valence-electron chi connectivity index (χ3n) is 3.30. The minimum absolute atomic E-state index is 0.194. The maximum atomic E-state index is 5.79. The normalized spacial score (nSPS) is 14.3. The molecule has 0 aliphatic rings. The summed E-state index contributed by atoms with van der Waals surface area (Å²) < 4.78 is 0. The van der Waals surface area contributed by atoms with Crippen LogP contribution in [0.5, 0.6) is 0 Å². The van der Waals surface area contributed by atoms with Gasteiger partial charge in [-0.2, -0.15) is 0 Å². The molecule has 0 spiro atoms. The molecule has 0 saturated carbocycles. The average molecular weight is 249 g/mol. The van der Waals surface area contributed by atoms with Crippen LogP contribution >= 0.6 is 0 Å². The molecule has 0 aliphatic heterocycles. The lowest BCUT2D eigenvalue weighted by molar-refractivity contribution is 0.545. The van der Waals surface area contributed by atoms with Gasteiger partial charge in [-0.05, 0) is 37.8 Å². The first-order chi connectivity index (χ1) is 8.56. The Bertz CT molecular complexity index is 332. The summed E-state index contributed by atoms with van der Waals surface area (Å²) in [6.07, 6.45) is 4.06. The highest BCUT2D eigenvalue weighted by Gasteiger charge is 2.09. The number of hydrogen-bond donors (Lipinski definition) is 1. The van der Waals surface area contributed by atoms with Crippen molar-refractivity contribution in [3.8, 4) is 0 Å². The third kappa shape index (κ3) is 4.65. The van der Waals surface area contributed by atoms with Crippen molar-refractivity contribution in [3.63, 3.8) is 0 Å². The van der Waals surface area contributed by atoms with Crippen LogP contribution in [-0.2, 0) is 6.42 Å². The molecule has 0 aromatic carbocycles. The van der Waals surface area contributed by atoms with Crippen LogP contribution in [0.3, 0.4) is 0 Å². The zero-order valence-electron chi connectivity index (χ0n) is 12.2. The minimum Gasteiger partial charge on any atom is -0.357 e. The summed E-state index contributed by atoms with van der Waals surface area (Å²) in [4.78, 5) is 6.90. The van der Waals surface area contributed by atoms with Crippen molar-refractivity contribution in [2.75, 3.05) is 18.0 Å². The Hall–Kier alpha value is -1.09. The smallest absolute Gasteiger partial charge is 0.128 e. The van der Waals surface area contributed by atoms with Gasteiger partial charge in [0.2, 0.25) is 0 Å². The Kier molecular flexibility index (Phi) is 6.13. The Morgan fingerprint density at radius 3 is 2.44 bits per heavy atom. The van der Waals surface area contributed by atoms with Gasteiger partial charge < -0.3 is 10.6 Å². The molecule has 2 unspecified atom stereocenters. The van der Waals surface area contributed by atoms with Crippen molar-refractivity contribution in [2.45, 2.75) is 46.6 Å². The molecule has 2 atom stereocenters. The van der Waals surface area contributed by atoms with Crippen molar-refractivity contribution in [2.24, 2.45) is 11.7 Å². The van der Waals surface area contributed by atoms with E-state index in [1.807, 2.05) is 13.1 Å². The molecule has 1 aromatic heterocycles. The molecule has 0 saturated heterocycles. The fourth-order valence-electron chi connectivity index (χ4n) is 1.99. The van der Waals surface area contributed by atoms with Gasteiger partial charge in [-0.1, -0.05) is 26.3 Å².